The average Bonchev–Trinajstić information content (AvgIpc) is 3.05. The molecule has 0 saturated heterocycles. The normalized spacial score (nSPS) is 11.1. The zero-order valence-electron chi connectivity index (χ0n) is 13.0. The predicted molar refractivity (Wildman–Crippen MR) is 86.6 cm³/mol. The SMILES string of the molecule is CCOc1cc(NC(=NC)NCc2ccn[nH]2)ccc1OC. The lowest BCUT2D eigenvalue weighted by molar-refractivity contribution is 0.311. The van der Waals surface area contributed by atoms with E-state index in [0.717, 1.165) is 11.4 Å². The summed E-state index contributed by atoms with van der Waals surface area (Å²) in [5.74, 6) is 2.05. The number of hydrogen-bond donors (Lipinski definition) is 3. The highest BCUT2D eigenvalue weighted by Gasteiger charge is 2.07. The second-order valence-corrected chi connectivity index (χ2v) is 4.43. The van der Waals surface area contributed by atoms with Gasteiger partial charge in [0.1, 0.15) is 0 Å². The number of ether oxygens (including phenoxy) is 2. The standard InChI is InChI=1S/C15H21N5O2/c1-4-22-14-9-11(5-6-13(14)21-3)19-15(16-2)17-10-12-7-8-18-20-12/h5-9H,4,10H2,1-3H3,(H,18,20)(H2,16,17,19). The smallest absolute Gasteiger partial charge is 0.195 e. The molecular weight excluding hydrogens is 282 g/mol. The number of rotatable bonds is 6. The minimum Gasteiger partial charge on any atom is -0.493 e. The van der Waals surface area contributed by atoms with Gasteiger partial charge in [0.2, 0.25) is 0 Å². The molecule has 0 radical (unpaired) electrons. The van der Waals surface area contributed by atoms with Gasteiger partial charge in [0.05, 0.1) is 26.0 Å². The van der Waals surface area contributed by atoms with Gasteiger partial charge in [-0.05, 0) is 25.1 Å². The summed E-state index contributed by atoms with van der Waals surface area (Å²) in [5.41, 5.74) is 1.84. The maximum absolute atomic E-state index is 5.56. The molecular formula is C15H21N5O2. The van der Waals surface area contributed by atoms with E-state index in [1.807, 2.05) is 31.2 Å². The second-order valence-electron chi connectivity index (χ2n) is 4.43. The van der Waals surface area contributed by atoms with Crippen molar-refractivity contribution in [2.24, 2.45) is 4.99 Å². The van der Waals surface area contributed by atoms with E-state index in [2.05, 4.69) is 25.8 Å². The van der Waals surface area contributed by atoms with Crippen LogP contribution in [0.25, 0.3) is 0 Å². The minimum absolute atomic E-state index is 0.576. The van der Waals surface area contributed by atoms with E-state index < -0.39 is 0 Å². The van der Waals surface area contributed by atoms with Crippen LogP contribution in [-0.4, -0.2) is 36.9 Å². The Hall–Kier alpha value is -2.70. The Kier molecular flexibility index (Phi) is 5.65. The highest BCUT2D eigenvalue weighted by molar-refractivity contribution is 5.93. The minimum atomic E-state index is 0.576. The van der Waals surface area contributed by atoms with Gasteiger partial charge in [0.25, 0.3) is 0 Å². The number of aromatic amines is 1. The molecule has 2 aromatic rings. The molecule has 0 aliphatic heterocycles. The lowest BCUT2D eigenvalue weighted by Crippen LogP contribution is -2.30. The van der Waals surface area contributed by atoms with Crippen molar-refractivity contribution < 1.29 is 9.47 Å². The van der Waals surface area contributed by atoms with E-state index in [-0.39, 0.29) is 0 Å². The summed E-state index contributed by atoms with van der Waals surface area (Å²) in [6, 6.07) is 7.55. The second kappa shape index (κ2) is 7.92. The van der Waals surface area contributed by atoms with Crippen LogP contribution in [-0.2, 0) is 6.54 Å². The van der Waals surface area contributed by atoms with Gasteiger partial charge in [-0.25, -0.2) is 0 Å². The van der Waals surface area contributed by atoms with E-state index in [0.29, 0.717) is 30.6 Å². The Morgan fingerprint density at radius 3 is 2.82 bits per heavy atom. The summed E-state index contributed by atoms with van der Waals surface area (Å²) >= 11 is 0. The number of methoxy groups -OCH3 is 1. The molecule has 0 atom stereocenters. The molecule has 7 nitrogen and oxygen atoms in total. The van der Waals surface area contributed by atoms with Crippen LogP contribution in [0.1, 0.15) is 12.6 Å². The van der Waals surface area contributed by atoms with Gasteiger partial charge < -0.3 is 20.1 Å². The number of H-pyrrole nitrogens is 1. The first-order chi connectivity index (χ1) is 10.8. The summed E-state index contributed by atoms with van der Waals surface area (Å²) in [6.07, 6.45) is 1.71. The third kappa shape index (κ3) is 4.15. The van der Waals surface area contributed by atoms with Crippen molar-refractivity contribution in [2.45, 2.75) is 13.5 Å². The zero-order chi connectivity index (χ0) is 15.8. The first-order valence-electron chi connectivity index (χ1n) is 7.03. The van der Waals surface area contributed by atoms with E-state index in [1.165, 1.54) is 0 Å². The van der Waals surface area contributed by atoms with Gasteiger partial charge >= 0.3 is 0 Å². The summed E-state index contributed by atoms with van der Waals surface area (Å²) in [6.45, 7) is 3.12. The molecule has 7 heteroatoms. The van der Waals surface area contributed by atoms with E-state index in [9.17, 15) is 0 Å². The maximum Gasteiger partial charge on any atom is 0.195 e. The van der Waals surface area contributed by atoms with Gasteiger partial charge in [-0.2, -0.15) is 5.10 Å². The fourth-order valence-electron chi connectivity index (χ4n) is 1.90. The Labute approximate surface area is 129 Å². The van der Waals surface area contributed by atoms with Crippen molar-refractivity contribution >= 4 is 11.6 Å². The van der Waals surface area contributed by atoms with Crippen LogP contribution < -0.4 is 20.1 Å². The Balaban J connectivity index is 2.02. The molecule has 1 aromatic heterocycles. The third-order valence-corrected chi connectivity index (χ3v) is 2.95. The van der Waals surface area contributed by atoms with Gasteiger partial charge in [-0.3, -0.25) is 10.1 Å². The number of nitrogens with one attached hydrogen (secondary N) is 3. The van der Waals surface area contributed by atoms with Crippen molar-refractivity contribution in [1.29, 1.82) is 0 Å². The highest BCUT2D eigenvalue weighted by Crippen LogP contribution is 2.30. The van der Waals surface area contributed by atoms with E-state index in [1.54, 1.807) is 20.4 Å². The quantitative estimate of drug-likeness (QED) is 0.561. The maximum atomic E-state index is 5.56. The molecule has 0 aliphatic carbocycles. The fraction of sp³-hybridized carbons (Fsp3) is 0.333. The van der Waals surface area contributed by atoms with Crippen LogP contribution in [0.2, 0.25) is 0 Å². The Morgan fingerprint density at radius 2 is 2.18 bits per heavy atom. The number of aromatic nitrogens is 2. The number of guanidine groups is 1. The number of benzene rings is 1. The molecule has 0 fully saturated rings. The van der Waals surface area contributed by atoms with Crippen LogP contribution in [0.4, 0.5) is 5.69 Å². The first-order valence-corrected chi connectivity index (χ1v) is 7.03. The molecule has 0 unspecified atom stereocenters. The monoisotopic (exact) mass is 303 g/mol. The zero-order valence-corrected chi connectivity index (χ0v) is 13.0. The van der Waals surface area contributed by atoms with Crippen LogP contribution in [0.15, 0.2) is 35.5 Å². The van der Waals surface area contributed by atoms with Gasteiger partial charge in [0, 0.05) is 25.0 Å². The number of hydrogen-bond acceptors (Lipinski definition) is 4. The predicted octanol–water partition coefficient (Wildman–Crippen LogP) is 2.00. The molecule has 0 saturated carbocycles. The van der Waals surface area contributed by atoms with Crippen LogP contribution in [0, 0.1) is 0 Å². The lowest BCUT2D eigenvalue weighted by Gasteiger charge is -2.14. The van der Waals surface area contributed by atoms with E-state index in [4.69, 9.17) is 9.47 Å². The molecule has 0 aliphatic rings. The van der Waals surface area contributed by atoms with Crippen LogP contribution in [0.5, 0.6) is 11.5 Å². The number of anilines is 1. The van der Waals surface area contributed by atoms with Crippen molar-refractivity contribution in [2.75, 3.05) is 26.1 Å². The first kappa shape index (κ1) is 15.7. The summed E-state index contributed by atoms with van der Waals surface area (Å²) in [7, 11) is 3.34. The average molecular weight is 303 g/mol. The van der Waals surface area contributed by atoms with Crippen LogP contribution >= 0.6 is 0 Å². The fourth-order valence-corrected chi connectivity index (χ4v) is 1.90. The van der Waals surface area contributed by atoms with Crippen molar-refractivity contribution in [3.05, 3.63) is 36.2 Å². The summed E-state index contributed by atoms with van der Waals surface area (Å²) in [5, 5.41) is 13.2. The molecule has 1 heterocycles. The van der Waals surface area contributed by atoms with Crippen molar-refractivity contribution in [3.8, 4) is 11.5 Å². The Morgan fingerprint density at radius 1 is 1.32 bits per heavy atom. The third-order valence-electron chi connectivity index (χ3n) is 2.95. The largest absolute Gasteiger partial charge is 0.493 e. The molecule has 3 N–H and O–H groups in total. The van der Waals surface area contributed by atoms with E-state index >= 15 is 0 Å². The topological polar surface area (TPSA) is 83.6 Å². The van der Waals surface area contributed by atoms with Gasteiger partial charge in [-0.1, -0.05) is 0 Å². The molecule has 0 bridgehead atoms. The van der Waals surface area contributed by atoms with Gasteiger partial charge in [0.15, 0.2) is 17.5 Å². The highest BCUT2D eigenvalue weighted by atomic mass is 16.5. The Bertz CT molecular complexity index is 610. The summed E-state index contributed by atoms with van der Waals surface area (Å²) < 4.78 is 10.8. The van der Waals surface area contributed by atoms with Crippen molar-refractivity contribution in [3.63, 3.8) is 0 Å². The molecule has 0 spiro atoms. The number of nitrogens with zero attached hydrogens (tertiary/aromatic N) is 2. The molecule has 0 amide bonds. The van der Waals surface area contributed by atoms with Gasteiger partial charge in [-0.15, -0.1) is 0 Å². The van der Waals surface area contributed by atoms with Crippen molar-refractivity contribution in [1.82, 2.24) is 15.5 Å². The molecule has 118 valence electrons. The lowest BCUT2D eigenvalue weighted by atomic mass is 10.2. The molecule has 1 aromatic carbocycles. The molecule has 22 heavy (non-hydrogen) atoms. The molecule has 2 rings (SSSR count). The summed E-state index contributed by atoms with van der Waals surface area (Å²) in [4.78, 5) is 4.19. The van der Waals surface area contributed by atoms with Crippen LogP contribution in [0.3, 0.4) is 0 Å². The number of aliphatic imine (C=N–C) groups is 1.